The molecule has 0 bridgehead atoms. The summed E-state index contributed by atoms with van der Waals surface area (Å²) in [5, 5.41) is 9.16. The highest BCUT2D eigenvalue weighted by Crippen LogP contribution is 2.31. The first-order valence-corrected chi connectivity index (χ1v) is 9.29. The third-order valence-electron chi connectivity index (χ3n) is 4.72. The second-order valence-corrected chi connectivity index (χ2v) is 7.53. The SMILES string of the molecule is Cc1ccc(-n2ccn3c(SCC4CCC4)nnc3c2=O)c(C)c1. The monoisotopic (exact) mass is 340 g/mol. The normalized spacial score (nSPS) is 14.9. The zero-order valence-electron chi connectivity index (χ0n) is 13.9. The maximum atomic E-state index is 12.8. The minimum absolute atomic E-state index is 0.132. The summed E-state index contributed by atoms with van der Waals surface area (Å²) in [6, 6.07) is 6.07. The Kier molecular flexibility index (Phi) is 3.92. The van der Waals surface area contributed by atoms with Gasteiger partial charge in [0.25, 0.3) is 0 Å². The van der Waals surface area contributed by atoms with Crippen molar-refractivity contribution in [2.75, 3.05) is 5.75 Å². The zero-order valence-corrected chi connectivity index (χ0v) is 14.7. The number of benzene rings is 1. The number of nitrogens with zero attached hydrogens (tertiary/aromatic N) is 4. The molecule has 6 heteroatoms. The fourth-order valence-corrected chi connectivity index (χ4v) is 4.18. The van der Waals surface area contributed by atoms with Crippen LogP contribution in [0, 0.1) is 19.8 Å². The molecule has 0 radical (unpaired) electrons. The Bertz CT molecular complexity index is 955. The summed E-state index contributed by atoms with van der Waals surface area (Å²) in [4.78, 5) is 12.8. The molecule has 0 N–H and O–H groups in total. The Hall–Kier alpha value is -2.08. The smallest absolute Gasteiger partial charge is 0.279 e. The van der Waals surface area contributed by atoms with E-state index in [1.165, 1.54) is 24.8 Å². The number of fused-ring (bicyclic) bond motifs is 1. The lowest BCUT2D eigenvalue weighted by Crippen LogP contribution is -2.21. The number of aryl methyl sites for hydroxylation is 2. The topological polar surface area (TPSA) is 52.2 Å². The molecule has 0 unspecified atom stereocenters. The standard InChI is InChI=1S/C18H20N4OS/c1-12-6-7-15(13(2)10-12)21-8-9-22-16(17(21)23)19-20-18(22)24-11-14-4-3-5-14/h6-10,14H,3-5,11H2,1-2H3. The molecule has 1 aliphatic rings. The Morgan fingerprint density at radius 1 is 1.21 bits per heavy atom. The summed E-state index contributed by atoms with van der Waals surface area (Å²) in [7, 11) is 0. The summed E-state index contributed by atoms with van der Waals surface area (Å²) in [6.45, 7) is 4.07. The van der Waals surface area contributed by atoms with Crippen molar-refractivity contribution in [3.63, 3.8) is 0 Å². The van der Waals surface area contributed by atoms with Crippen molar-refractivity contribution < 1.29 is 0 Å². The van der Waals surface area contributed by atoms with Gasteiger partial charge in [-0.05, 0) is 44.2 Å². The van der Waals surface area contributed by atoms with Gasteiger partial charge in [-0.15, -0.1) is 10.2 Å². The van der Waals surface area contributed by atoms with E-state index >= 15 is 0 Å². The van der Waals surface area contributed by atoms with Crippen LogP contribution in [0.1, 0.15) is 30.4 Å². The van der Waals surface area contributed by atoms with Gasteiger partial charge < -0.3 is 0 Å². The van der Waals surface area contributed by atoms with Crippen molar-refractivity contribution in [3.8, 4) is 5.69 Å². The van der Waals surface area contributed by atoms with Crippen molar-refractivity contribution in [3.05, 3.63) is 52.1 Å². The van der Waals surface area contributed by atoms with Gasteiger partial charge in [0, 0.05) is 18.1 Å². The molecule has 4 rings (SSSR count). The molecule has 5 nitrogen and oxygen atoms in total. The molecule has 0 saturated heterocycles. The maximum Gasteiger partial charge on any atom is 0.300 e. The Morgan fingerprint density at radius 2 is 2.04 bits per heavy atom. The fourth-order valence-electron chi connectivity index (χ4n) is 3.08. The molecule has 0 atom stereocenters. The fraction of sp³-hybridized carbons (Fsp3) is 0.389. The number of rotatable bonds is 4. The van der Waals surface area contributed by atoms with Gasteiger partial charge in [-0.25, -0.2) is 0 Å². The van der Waals surface area contributed by atoms with Crippen LogP contribution >= 0.6 is 11.8 Å². The van der Waals surface area contributed by atoms with Crippen molar-refractivity contribution >= 4 is 17.4 Å². The van der Waals surface area contributed by atoms with Gasteiger partial charge in [-0.3, -0.25) is 13.8 Å². The van der Waals surface area contributed by atoms with Gasteiger partial charge in [-0.1, -0.05) is 35.9 Å². The van der Waals surface area contributed by atoms with Crippen LogP contribution in [0.15, 0.2) is 40.5 Å². The molecular formula is C18H20N4OS. The van der Waals surface area contributed by atoms with Crippen LogP contribution in [0.5, 0.6) is 0 Å². The van der Waals surface area contributed by atoms with Crippen LogP contribution in [0.2, 0.25) is 0 Å². The summed E-state index contributed by atoms with van der Waals surface area (Å²) in [6.07, 6.45) is 7.65. The predicted molar refractivity (Wildman–Crippen MR) is 96.1 cm³/mol. The first kappa shape index (κ1) is 15.4. The Morgan fingerprint density at radius 3 is 2.75 bits per heavy atom. The Labute approximate surface area is 144 Å². The summed E-state index contributed by atoms with van der Waals surface area (Å²) in [5.74, 6) is 1.85. The van der Waals surface area contributed by atoms with Crippen LogP contribution in [0.3, 0.4) is 0 Å². The van der Waals surface area contributed by atoms with Crippen molar-refractivity contribution in [1.29, 1.82) is 0 Å². The van der Waals surface area contributed by atoms with Crippen LogP contribution in [0.4, 0.5) is 0 Å². The number of aromatic nitrogens is 4. The van der Waals surface area contributed by atoms with Gasteiger partial charge in [0.1, 0.15) is 0 Å². The lowest BCUT2D eigenvalue weighted by atomic mass is 9.87. The molecule has 3 aromatic rings. The molecule has 1 fully saturated rings. The van der Waals surface area contributed by atoms with Crippen LogP contribution < -0.4 is 5.56 Å². The van der Waals surface area contributed by atoms with Crippen molar-refractivity contribution in [2.24, 2.45) is 5.92 Å². The third-order valence-corrected chi connectivity index (χ3v) is 5.90. The van der Waals surface area contributed by atoms with Gasteiger partial charge in [0.15, 0.2) is 5.16 Å². The van der Waals surface area contributed by atoms with E-state index in [4.69, 9.17) is 0 Å². The molecule has 2 aromatic heterocycles. The van der Waals surface area contributed by atoms with E-state index in [-0.39, 0.29) is 5.56 Å². The molecule has 24 heavy (non-hydrogen) atoms. The lowest BCUT2D eigenvalue weighted by molar-refractivity contribution is 0.353. The quantitative estimate of drug-likeness (QED) is 0.683. The van der Waals surface area contributed by atoms with E-state index in [9.17, 15) is 4.79 Å². The predicted octanol–water partition coefficient (Wildman–Crippen LogP) is 3.39. The number of thioether (sulfide) groups is 1. The summed E-state index contributed by atoms with van der Waals surface area (Å²) < 4.78 is 3.46. The minimum atomic E-state index is -0.132. The maximum absolute atomic E-state index is 12.8. The Balaban J connectivity index is 1.71. The second kappa shape index (κ2) is 6.09. The zero-order chi connectivity index (χ0) is 16.7. The molecule has 1 saturated carbocycles. The first-order chi connectivity index (χ1) is 11.6. The highest BCUT2D eigenvalue weighted by atomic mass is 32.2. The van der Waals surface area contributed by atoms with Crippen molar-refractivity contribution in [2.45, 2.75) is 38.3 Å². The largest absolute Gasteiger partial charge is 0.300 e. The highest BCUT2D eigenvalue weighted by molar-refractivity contribution is 7.99. The van der Waals surface area contributed by atoms with E-state index in [1.807, 2.05) is 42.8 Å². The molecular weight excluding hydrogens is 320 g/mol. The third kappa shape index (κ3) is 2.65. The molecule has 1 aromatic carbocycles. The molecule has 0 amide bonds. The minimum Gasteiger partial charge on any atom is -0.279 e. The van der Waals surface area contributed by atoms with E-state index in [0.717, 1.165) is 28.1 Å². The van der Waals surface area contributed by atoms with E-state index in [1.54, 1.807) is 16.3 Å². The van der Waals surface area contributed by atoms with Crippen LogP contribution in [-0.4, -0.2) is 24.9 Å². The lowest BCUT2D eigenvalue weighted by Gasteiger charge is -2.24. The van der Waals surface area contributed by atoms with Gasteiger partial charge in [-0.2, -0.15) is 0 Å². The first-order valence-electron chi connectivity index (χ1n) is 8.30. The van der Waals surface area contributed by atoms with E-state index in [0.29, 0.717) is 5.65 Å². The van der Waals surface area contributed by atoms with Gasteiger partial charge in [0.2, 0.25) is 5.65 Å². The number of hydrogen-bond acceptors (Lipinski definition) is 4. The molecule has 124 valence electrons. The van der Waals surface area contributed by atoms with Crippen LogP contribution in [0.25, 0.3) is 11.3 Å². The molecule has 2 heterocycles. The van der Waals surface area contributed by atoms with E-state index < -0.39 is 0 Å². The summed E-state index contributed by atoms with van der Waals surface area (Å²) in [5.41, 5.74) is 3.39. The molecule has 0 spiro atoms. The summed E-state index contributed by atoms with van der Waals surface area (Å²) >= 11 is 1.70. The van der Waals surface area contributed by atoms with Gasteiger partial charge >= 0.3 is 5.56 Å². The highest BCUT2D eigenvalue weighted by Gasteiger charge is 2.19. The van der Waals surface area contributed by atoms with Crippen molar-refractivity contribution in [1.82, 2.24) is 19.2 Å². The van der Waals surface area contributed by atoms with Gasteiger partial charge in [0.05, 0.1) is 5.69 Å². The average Bonchev–Trinajstić information content (AvgIpc) is 2.91. The van der Waals surface area contributed by atoms with E-state index in [2.05, 4.69) is 16.3 Å². The average molecular weight is 340 g/mol. The number of hydrogen-bond donors (Lipinski definition) is 0. The molecule has 1 aliphatic carbocycles. The molecule has 0 aliphatic heterocycles. The van der Waals surface area contributed by atoms with Crippen LogP contribution in [-0.2, 0) is 0 Å². The second-order valence-electron chi connectivity index (χ2n) is 6.55.